The number of nitrogens with zero attached hydrogens (tertiary/aromatic N) is 1. The van der Waals surface area contributed by atoms with E-state index in [2.05, 4.69) is 13.8 Å². The highest BCUT2D eigenvalue weighted by Crippen LogP contribution is 2.30. The predicted molar refractivity (Wildman–Crippen MR) is 90.2 cm³/mol. The van der Waals surface area contributed by atoms with Crippen molar-refractivity contribution in [2.45, 2.75) is 33.9 Å². The number of aryl methyl sites for hydroxylation is 1. The highest BCUT2D eigenvalue weighted by atomic mass is 16.5. The van der Waals surface area contributed by atoms with Crippen LogP contribution in [0.5, 0.6) is 5.75 Å². The topological polar surface area (TPSA) is 57.2 Å². The highest BCUT2D eigenvalue weighted by molar-refractivity contribution is 5.68. The first-order chi connectivity index (χ1) is 10.5. The van der Waals surface area contributed by atoms with Gasteiger partial charge in [-0.1, -0.05) is 31.5 Å². The minimum atomic E-state index is -0.0164. The van der Waals surface area contributed by atoms with E-state index in [9.17, 15) is 4.79 Å². The summed E-state index contributed by atoms with van der Waals surface area (Å²) in [5.74, 6) is 1.13. The number of benzene rings is 1. The average molecular weight is 300 g/mol. The Balaban J connectivity index is 2.72. The molecule has 0 aliphatic rings. The lowest BCUT2D eigenvalue weighted by Crippen LogP contribution is -2.28. The third-order valence-corrected chi connectivity index (χ3v) is 3.65. The van der Waals surface area contributed by atoms with Gasteiger partial charge in [0.25, 0.3) is 5.56 Å². The molecular weight excluding hydrogens is 276 g/mol. The number of nitrogens with two attached hydrogens (primary N) is 1. The van der Waals surface area contributed by atoms with Crippen LogP contribution < -0.4 is 16.0 Å². The lowest BCUT2D eigenvalue weighted by atomic mass is 10.0. The molecule has 118 valence electrons. The average Bonchev–Trinajstić information content (AvgIpc) is 2.49. The summed E-state index contributed by atoms with van der Waals surface area (Å²) in [5.41, 5.74) is 9.23. The third-order valence-electron chi connectivity index (χ3n) is 3.65. The maximum absolute atomic E-state index is 12.7. The molecule has 0 aliphatic carbocycles. The summed E-state index contributed by atoms with van der Waals surface area (Å²) in [6.45, 7) is 7.13. The molecule has 0 spiro atoms. The Kier molecular flexibility index (Phi) is 5.03. The molecule has 1 aromatic carbocycles. The van der Waals surface area contributed by atoms with Crippen LogP contribution in [0.1, 0.15) is 25.0 Å². The molecule has 2 N–H and O–H groups in total. The van der Waals surface area contributed by atoms with Gasteiger partial charge in [-0.15, -0.1) is 0 Å². The zero-order valence-electron chi connectivity index (χ0n) is 13.7. The lowest BCUT2D eigenvalue weighted by molar-refractivity contribution is 0.415. The molecule has 0 bridgehead atoms. The molecule has 4 nitrogen and oxygen atoms in total. The summed E-state index contributed by atoms with van der Waals surface area (Å²) in [7, 11) is 1.65. The monoisotopic (exact) mass is 300 g/mol. The van der Waals surface area contributed by atoms with E-state index in [4.69, 9.17) is 10.5 Å². The van der Waals surface area contributed by atoms with E-state index < -0.39 is 0 Å². The minimum Gasteiger partial charge on any atom is -0.496 e. The van der Waals surface area contributed by atoms with Crippen molar-refractivity contribution >= 4 is 0 Å². The highest BCUT2D eigenvalue weighted by Gasteiger charge is 2.14. The molecule has 22 heavy (non-hydrogen) atoms. The fourth-order valence-electron chi connectivity index (χ4n) is 2.58. The number of aromatic nitrogens is 1. The Hall–Kier alpha value is -2.07. The Labute approximate surface area is 131 Å². The summed E-state index contributed by atoms with van der Waals surface area (Å²) < 4.78 is 7.28. The first-order valence-corrected chi connectivity index (χ1v) is 7.55. The zero-order chi connectivity index (χ0) is 16.3. The van der Waals surface area contributed by atoms with Crippen molar-refractivity contribution in [3.63, 3.8) is 0 Å². The van der Waals surface area contributed by atoms with Crippen LogP contribution in [-0.2, 0) is 13.1 Å². The first-order valence-electron chi connectivity index (χ1n) is 7.55. The van der Waals surface area contributed by atoms with Crippen LogP contribution in [0.3, 0.4) is 0 Å². The number of rotatable bonds is 5. The summed E-state index contributed by atoms with van der Waals surface area (Å²) in [4.78, 5) is 12.7. The van der Waals surface area contributed by atoms with E-state index in [0.29, 0.717) is 18.0 Å². The number of pyridine rings is 1. The summed E-state index contributed by atoms with van der Waals surface area (Å²) in [6, 6.07) is 9.76. The van der Waals surface area contributed by atoms with E-state index >= 15 is 0 Å². The maximum Gasteiger partial charge on any atom is 0.255 e. The van der Waals surface area contributed by atoms with Gasteiger partial charge >= 0.3 is 0 Å². The Morgan fingerprint density at radius 2 is 1.95 bits per heavy atom. The molecule has 1 heterocycles. The van der Waals surface area contributed by atoms with Crippen LogP contribution in [0.25, 0.3) is 11.3 Å². The van der Waals surface area contributed by atoms with Crippen LogP contribution in [0.15, 0.2) is 35.1 Å². The molecule has 0 fully saturated rings. The molecule has 4 heteroatoms. The molecule has 2 rings (SSSR count). The van der Waals surface area contributed by atoms with Crippen LogP contribution >= 0.6 is 0 Å². The normalized spacial score (nSPS) is 11.0. The van der Waals surface area contributed by atoms with Gasteiger partial charge in [-0.2, -0.15) is 0 Å². The van der Waals surface area contributed by atoms with Crippen molar-refractivity contribution in [2.24, 2.45) is 11.7 Å². The molecule has 1 aromatic heterocycles. The van der Waals surface area contributed by atoms with Crippen molar-refractivity contribution in [1.29, 1.82) is 0 Å². The smallest absolute Gasteiger partial charge is 0.255 e. The number of hydrogen-bond donors (Lipinski definition) is 1. The van der Waals surface area contributed by atoms with Gasteiger partial charge in [-0.25, -0.2) is 0 Å². The minimum absolute atomic E-state index is 0.0164. The summed E-state index contributed by atoms with van der Waals surface area (Å²) >= 11 is 0. The summed E-state index contributed by atoms with van der Waals surface area (Å²) in [6.07, 6.45) is 0. The molecule has 0 amide bonds. The Morgan fingerprint density at radius 1 is 1.23 bits per heavy atom. The number of methoxy groups -OCH3 is 1. The van der Waals surface area contributed by atoms with Crippen molar-refractivity contribution in [3.8, 4) is 17.0 Å². The number of ether oxygens (including phenoxy) is 1. The SMILES string of the molecule is COc1ccc(C)cc1-c1ccc(CN)c(=O)n1CC(C)C. The number of hydrogen-bond acceptors (Lipinski definition) is 3. The second-order valence-electron chi connectivity index (χ2n) is 5.96. The van der Waals surface area contributed by atoms with Gasteiger partial charge < -0.3 is 15.0 Å². The maximum atomic E-state index is 12.7. The summed E-state index contributed by atoms with van der Waals surface area (Å²) in [5, 5.41) is 0. The van der Waals surface area contributed by atoms with E-state index in [1.54, 1.807) is 7.11 Å². The molecule has 0 aliphatic heterocycles. The van der Waals surface area contributed by atoms with Crippen LogP contribution in [0.2, 0.25) is 0 Å². The molecule has 0 atom stereocenters. The molecular formula is C18H24N2O2. The molecule has 0 unspecified atom stereocenters. The predicted octanol–water partition coefficient (Wildman–Crippen LogP) is 2.95. The lowest BCUT2D eigenvalue weighted by Gasteiger charge is -2.18. The fraction of sp³-hybridized carbons (Fsp3) is 0.389. The van der Waals surface area contributed by atoms with Gasteiger partial charge in [0.15, 0.2) is 0 Å². The van der Waals surface area contributed by atoms with Gasteiger partial charge in [-0.3, -0.25) is 4.79 Å². The largest absolute Gasteiger partial charge is 0.496 e. The molecule has 0 saturated carbocycles. The van der Waals surface area contributed by atoms with Gasteiger partial charge in [0.1, 0.15) is 5.75 Å². The van der Waals surface area contributed by atoms with Crippen molar-refractivity contribution < 1.29 is 4.74 Å². The van der Waals surface area contributed by atoms with E-state index in [1.165, 1.54) is 0 Å². The van der Waals surface area contributed by atoms with Gasteiger partial charge in [0.05, 0.1) is 12.8 Å². The van der Waals surface area contributed by atoms with Crippen molar-refractivity contribution in [1.82, 2.24) is 4.57 Å². The molecule has 2 aromatic rings. The Bertz CT molecular complexity index is 718. The first kappa shape index (κ1) is 16.3. The quantitative estimate of drug-likeness (QED) is 0.923. The van der Waals surface area contributed by atoms with E-state index in [0.717, 1.165) is 22.6 Å². The van der Waals surface area contributed by atoms with E-state index in [1.807, 2.05) is 41.8 Å². The van der Waals surface area contributed by atoms with E-state index in [-0.39, 0.29) is 12.1 Å². The van der Waals surface area contributed by atoms with Crippen molar-refractivity contribution in [2.75, 3.05) is 7.11 Å². The van der Waals surface area contributed by atoms with Crippen molar-refractivity contribution in [3.05, 3.63) is 51.8 Å². The zero-order valence-corrected chi connectivity index (χ0v) is 13.7. The Morgan fingerprint density at radius 3 is 2.55 bits per heavy atom. The second-order valence-corrected chi connectivity index (χ2v) is 5.96. The molecule has 0 saturated heterocycles. The fourth-order valence-corrected chi connectivity index (χ4v) is 2.58. The molecule has 0 radical (unpaired) electrons. The van der Waals surface area contributed by atoms with Crippen LogP contribution in [0.4, 0.5) is 0 Å². The van der Waals surface area contributed by atoms with Crippen LogP contribution in [0, 0.1) is 12.8 Å². The van der Waals surface area contributed by atoms with Gasteiger partial charge in [0, 0.05) is 24.2 Å². The third kappa shape index (κ3) is 3.22. The second kappa shape index (κ2) is 6.79. The van der Waals surface area contributed by atoms with Gasteiger partial charge in [-0.05, 0) is 31.0 Å². The van der Waals surface area contributed by atoms with Gasteiger partial charge in [0.2, 0.25) is 0 Å². The standard InChI is InChI=1S/C18H24N2O2/c1-12(2)11-20-16(7-6-14(10-19)18(20)21)15-9-13(3)5-8-17(15)22-4/h5-9,12H,10-11,19H2,1-4H3. The van der Waals surface area contributed by atoms with Crippen LogP contribution in [-0.4, -0.2) is 11.7 Å².